The Morgan fingerprint density at radius 3 is 2.36 bits per heavy atom. The molecule has 82 valence electrons. The normalized spacial score (nSPS) is 26.7. The standard InChI is InChI=1S/C13H24O/c1-3-5-7-12-9-10-13(14-11-12)8-6-4-2/h9-10,12-13H,3-8,11H2,1-2H3/t12-,13-/m1/s1. The third-order valence-electron chi connectivity index (χ3n) is 2.89. The van der Waals surface area contributed by atoms with Crippen LogP contribution in [-0.2, 0) is 4.74 Å². The van der Waals surface area contributed by atoms with Crippen molar-refractivity contribution in [1.29, 1.82) is 0 Å². The number of unbranched alkanes of at least 4 members (excludes halogenated alkanes) is 2. The molecular weight excluding hydrogens is 172 g/mol. The van der Waals surface area contributed by atoms with Gasteiger partial charge in [0.05, 0.1) is 12.7 Å². The maximum Gasteiger partial charge on any atom is 0.0756 e. The van der Waals surface area contributed by atoms with Crippen LogP contribution in [0.4, 0.5) is 0 Å². The first-order valence-corrected chi connectivity index (χ1v) is 6.16. The second-order valence-electron chi connectivity index (χ2n) is 4.30. The third kappa shape index (κ3) is 4.28. The van der Waals surface area contributed by atoms with Crippen LogP contribution < -0.4 is 0 Å². The van der Waals surface area contributed by atoms with E-state index in [4.69, 9.17) is 4.74 Å². The summed E-state index contributed by atoms with van der Waals surface area (Å²) in [6.45, 7) is 5.43. The van der Waals surface area contributed by atoms with Crippen molar-refractivity contribution < 1.29 is 4.74 Å². The Balaban J connectivity index is 2.18. The fourth-order valence-corrected chi connectivity index (χ4v) is 1.87. The monoisotopic (exact) mass is 196 g/mol. The molecule has 0 fully saturated rings. The van der Waals surface area contributed by atoms with Gasteiger partial charge in [0, 0.05) is 5.92 Å². The summed E-state index contributed by atoms with van der Waals surface area (Å²) in [5, 5.41) is 0. The van der Waals surface area contributed by atoms with Crippen LogP contribution in [0.15, 0.2) is 12.2 Å². The molecule has 0 unspecified atom stereocenters. The smallest absolute Gasteiger partial charge is 0.0756 e. The van der Waals surface area contributed by atoms with Crippen molar-refractivity contribution in [1.82, 2.24) is 0 Å². The Bertz CT molecular complexity index is 145. The molecule has 0 aliphatic carbocycles. The van der Waals surface area contributed by atoms with Gasteiger partial charge in [-0.2, -0.15) is 0 Å². The van der Waals surface area contributed by atoms with Crippen molar-refractivity contribution in [2.75, 3.05) is 6.61 Å². The lowest BCUT2D eigenvalue weighted by Gasteiger charge is -2.23. The van der Waals surface area contributed by atoms with Crippen molar-refractivity contribution in [3.8, 4) is 0 Å². The molecule has 1 nitrogen and oxygen atoms in total. The molecule has 1 heterocycles. The Morgan fingerprint density at radius 1 is 1.07 bits per heavy atom. The van der Waals surface area contributed by atoms with Crippen LogP contribution in [0.1, 0.15) is 52.4 Å². The lowest BCUT2D eigenvalue weighted by Crippen LogP contribution is -2.20. The zero-order valence-corrected chi connectivity index (χ0v) is 9.67. The quantitative estimate of drug-likeness (QED) is 0.585. The second kappa shape index (κ2) is 7.05. The summed E-state index contributed by atoms with van der Waals surface area (Å²) < 4.78 is 5.80. The maximum absolute atomic E-state index is 5.80. The molecule has 0 aromatic rings. The Kier molecular flexibility index (Phi) is 5.93. The molecule has 0 saturated carbocycles. The first-order valence-electron chi connectivity index (χ1n) is 6.16. The van der Waals surface area contributed by atoms with Gasteiger partial charge >= 0.3 is 0 Å². The molecule has 0 N–H and O–H groups in total. The topological polar surface area (TPSA) is 9.23 Å². The number of rotatable bonds is 6. The van der Waals surface area contributed by atoms with E-state index < -0.39 is 0 Å². The Hall–Kier alpha value is -0.300. The number of hydrogen-bond acceptors (Lipinski definition) is 1. The molecule has 0 saturated heterocycles. The van der Waals surface area contributed by atoms with Gasteiger partial charge in [-0.3, -0.25) is 0 Å². The van der Waals surface area contributed by atoms with Crippen LogP contribution in [0.5, 0.6) is 0 Å². The van der Waals surface area contributed by atoms with Crippen LogP contribution in [0.2, 0.25) is 0 Å². The van der Waals surface area contributed by atoms with Gasteiger partial charge in [-0.1, -0.05) is 51.7 Å². The van der Waals surface area contributed by atoms with Crippen molar-refractivity contribution in [3.63, 3.8) is 0 Å². The molecule has 1 heteroatoms. The molecule has 0 amide bonds. The van der Waals surface area contributed by atoms with E-state index in [9.17, 15) is 0 Å². The minimum absolute atomic E-state index is 0.410. The van der Waals surface area contributed by atoms with Crippen molar-refractivity contribution >= 4 is 0 Å². The molecule has 0 spiro atoms. The number of ether oxygens (including phenoxy) is 1. The van der Waals surface area contributed by atoms with Gasteiger partial charge in [-0.15, -0.1) is 0 Å². The van der Waals surface area contributed by atoms with E-state index in [1.807, 2.05) is 0 Å². The van der Waals surface area contributed by atoms with Gasteiger partial charge in [0.2, 0.25) is 0 Å². The molecule has 0 aromatic heterocycles. The lowest BCUT2D eigenvalue weighted by molar-refractivity contribution is 0.0471. The third-order valence-corrected chi connectivity index (χ3v) is 2.89. The van der Waals surface area contributed by atoms with E-state index in [1.54, 1.807) is 0 Å². The summed E-state index contributed by atoms with van der Waals surface area (Å²) in [5.41, 5.74) is 0. The molecule has 0 bridgehead atoms. The van der Waals surface area contributed by atoms with Crippen LogP contribution in [0.25, 0.3) is 0 Å². The molecule has 0 radical (unpaired) electrons. The Labute approximate surface area is 88.5 Å². The highest BCUT2D eigenvalue weighted by Crippen LogP contribution is 2.19. The van der Waals surface area contributed by atoms with Gasteiger partial charge in [0.25, 0.3) is 0 Å². The van der Waals surface area contributed by atoms with Gasteiger partial charge < -0.3 is 4.74 Å². The van der Waals surface area contributed by atoms with E-state index in [-0.39, 0.29) is 0 Å². The summed E-state index contributed by atoms with van der Waals surface area (Å²) in [4.78, 5) is 0. The van der Waals surface area contributed by atoms with E-state index in [2.05, 4.69) is 26.0 Å². The average Bonchev–Trinajstić information content (AvgIpc) is 2.25. The zero-order chi connectivity index (χ0) is 10.2. The lowest BCUT2D eigenvalue weighted by atomic mass is 9.99. The van der Waals surface area contributed by atoms with E-state index in [1.165, 1.54) is 38.5 Å². The van der Waals surface area contributed by atoms with Gasteiger partial charge in [-0.25, -0.2) is 0 Å². The van der Waals surface area contributed by atoms with Gasteiger partial charge in [0.1, 0.15) is 0 Å². The van der Waals surface area contributed by atoms with E-state index in [0.717, 1.165) is 6.61 Å². The molecule has 1 aliphatic rings. The summed E-state index contributed by atoms with van der Waals surface area (Å²) in [6.07, 6.45) is 12.7. The average molecular weight is 196 g/mol. The van der Waals surface area contributed by atoms with Crippen molar-refractivity contribution in [3.05, 3.63) is 12.2 Å². The molecule has 2 atom stereocenters. The molecule has 1 rings (SSSR count). The zero-order valence-electron chi connectivity index (χ0n) is 9.67. The fourth-order valence-electron chi connectivity index (χ4n) is 1.87. The van der Waals surface area contributed by atoms with E-state index >= 15 is 0 Å². The Morgan fingerprint density at radius 2 is 1.79 bits per heavy atom. The van der Waals surface area contributed by atoms with Crippen LogP contribution in [0, 0.1) is 5.92 Å². The second-order valence-corrected chi connectivity index (χ2v) is 4.30. The van der Waals surface area contributed by atoms with E-state index in [0.29, 0.717) is 12.0 Å². The fraction of sp³-hybridized carbons (Fsp3) is 0.846. The summed E-state index contributed by atoms with van der Waals surface area (Å²) in [5.74, 6) is 0.688. The molecule has 14 heavy (non-hydrogen) atoms. The van der Waals surface area contributed by atoms with Crippen molar-refractivity contribution in [2.45, 2.75) is 58.5 Å². The predicted molar refractivity (Wildman–Crippen MR) is 61.4 cm³/mol. The SMILES string of the molecule is CCCC[C@@H]1C=C[C@@H](CCCC)OC1. The van der Waals surface area contributed by atoms with Gasteiger partial charge in [-0.05, 0) is 12.8 Å². The summed E-state index contributed by atoms with van der Waals surface area (Å²) in [7, 11) is 0. The highest BCUT2D eigenvalue weighted by molar-refractivity contribution is 4.97. The minimum atomic E-state index is 0.410. The first kappa shape index (κ1) is 11.8. The molecule has 0 aromatic carbocycles. The highest BCUT2D eigenvalue weighted by Gasteiger charge is 2.14. The van der Waals surface area contributed by atoms with Crippen LogP contribution in [-0.4, -0.2) is 12.7 Å². The largest absolute Gasteiger partial charge is 0.374 e. The molecular formula is C13H24O. The highest BCUT2D eigenvalue weighted by atomic mass is 16.5. The minimum Gasteiger partial charge on any atom is -0.374 e. The maximum atomic E-state index is 5.80. The summed E-state index contributed by atoms with van der Waals surface area (Å²) in [6, 6.07) is 0. The van der Waals surface area contributed by atoms with Crippen molar-refractivity contribution in [2.24, 2.45) is 5.92 Å². The van der Waals surface area contributed by atoms with Gasteiger partial charge in [0.15, 0.2) is 0 Å². The number of hydrogen-bond donors (Lipinski definition) is 0. The molecule has 1 aliphatic heterocycles. The predicted octanol–water partition coefficient (Wildman–Crippen LogP) is 3.94. The summed E-state index contributed by atoms with van der Waals surface area (Å²) >= 11 is 0. The van der Waals surface area contributed by atoms with Crippen LogP contribution in [0.3, 0.4) is 0 Å². The first-order chi connectivity index (χ1) is 6.86. The van der Waals surface area contributed by atoms with Crippen LogP contribution >= 0.6 is 0 Å².